The molecule has 0 radical (unpaired) electrons. The summed E-state index contributed by atoms with van der Waals surface area (Å²) in [7, 11) is 0. The molecule has 108 valence electrons. The molecule has 2 aromatic rings. The third-order valence-corrected chi connectivity index (χ3v) is 3.25. The van der Waals surface area contributed by atoms with Gasteiger partial charge in [0.2, 0.25) is 0 Å². The van der Waals surface area contributed by atoms with Gasteiger partial charge in [-0.15, -0.1) is 0 Å². The van der Waals surface area contributed by atoms with Crippen LogP contribution in [0.3, 0.4) is 0 Å². The van der Waals surface area contributed by atoms with Crippen molar-refractivity contribution in [3.05, 3.63) is 68.7 Å². The highest BCUT2D eigenvalue weighted by molar-refractivity contribution is 6.30. The lowest BCUT2D eigenvalue weighted by Crippen LogP contribution is -2.07. The predicted molar refractivity (Wildman–Crippen MR) is 82.1 cm³/mol. The monoisotopic (exact) mass is 304 g/mol. The summed E-state index contributed by atoms with van der Waals surface area (Å²) >= 11 is 5.81. The maximum Gasteiger partial charge on any atom is 0.293 e. The van der Waals surface area contributed by atoms with E-state index >= 15 is 0 Å². The van der Waals surface area contributed by atoms with Crippen molar-refractivity contribution in [2.75, 3.05) is 11.9 Å². The van der Waals surface area contributed by atoms with E-state index in [1.54, 1.807) is 24.3 Å². The Bertz CT molecular complexity index is 656. The molecule has 1 N–H and O–H groups in total. The minimum Gasteiger partial charge on any atom is -0.379 e. The van der Waals surface area contributed by atoms with Gasteiger partial charge in [-0.2, -0.15) is 0 Å². The van der Waals surface area contributed by atoms with Crippen LogP contribution < -0.4 is 5.32 Å². The molecule has 0 unspecified atom stereocenters. The van der Waals surface area contributed by atoms with Gasteiger partial charge in [0.25, 0.3) is 5.69 Å². The maximum absolute atomic E-state index is 11.0. The quantitative estimate of drug-likeness (QED) is 0.501. The minimum atomic E-state index is -0.502. The van der Waals surface area contributed by atoms with Crippen molar-refractivity contribution < 1.29 is 9.72 Å². The fourth-order valence-electron chi connectivity index (χ4n) is 1.92. The van der Waals surface area contributed by atoms with E-state index in [4.69, 9.17) is 11.6 Å². The first-order chi connectivity index (χ1) is 10.1. The first kappa shape index (κ1) is 15.0. The van der Waals surface area contributed by atoms with Crippen LogP contribution in [0, 0.1) is 10.1 Å². The first-order valence-corrected chi connectivity index (χ1v) is 6.70. The van der Waals surface area contributed by atoms with E-state index in [2.05, 4.69) is 5.32 Å². The van der Waals surface area contributed by atoms with E-state index in [1.807, 2.05) is 12.1 Å². The SMILES string of the molecule is O=Cc1ccc(NCCc2ccc(Cl)cc2)c([N+](=O)[O-])c1. The van der Waals surface area contributed by atoms with Gasteiger partial charge in [0.05, 0.1) is 4.92 Å². The molecule has 0 saturated heterocycles. The molecule has 0 aliphatic carbocycles. The average Bonchev–Trinajstić information content (AvgIpc) is 2.49. The Morgan fingerprint density at radius 3 is 2.52 bits per heavy atom. The van der Waals surface area contributed by atoms with Crippen LogP contribution in [0.1, 0.15) is 15.9 Å². The number of carbonyl (C=O) groups is 1. The Balaban J connectivity index is 2.04. The van der Waals surface area contributed by atoms with Crippen molar-refractivity contribution >= 4 is 29.3 Å². The van der Waals surface area contributed by atoms with Crippen LogP contribution in [0.2, 0.25) is 5.02 Å². The zero-order chi connectivity index (χ0) is 15.2. The van der Waals surface area contributed by atoms with Gasteiger partial charge in [0.1, 0.15) is 12.0 Å². The van der Waals surface area contributed by atoms with Gasteiger partial charge in [-0.25, -0.2) is 0 Å². The van der Waals surface area contributed by atoms with E-state index in [9.17, 15) is 14.9 Å². The molecule has 0 fully saturated rings. The van der Waals surface area contributed by atoms with E-state index in [1.165, 1.54) is 6.07 Å². The number of nitrogens with one attached hydrogen (secondary N) is 1. The number of rotatable bonds is 6. The van der Waals surface area contributed by atoms with Crippen molar-refractivity contribution in [2.24, 2.45) is 0 Å². The number of nitro benzene ring substituents is 1. The van der Waals surface area contributed by atoms with Gasteiger partial charge in [-0.3, -0.25) is 14.9 Å². The van der Waals surface area contributed by atoms with Crippen LogP contribution in [-0.4, -0.2) is 17.8 Å². The molecule has 0 aliphatic rings. The molecule has 0 spiro atoms. The summed E-state index contributed by atoms with van der Waals surface area (Å²) in [6.45, 7) is 0.545. The van der Waals surface area contributed by atoms with Crippen LogP contribution >= 0.6 is 11.6 Å². The Labute approximate surface area is 126 Å². The fourth-order valence-corrected chi connectivity index (χ4v) is 2.04. The summed E-state index contributed by atoms with van der Waals surface area (Å²) in [5.74, 6) is 0. The first-order valence-electron chi connectivity index (χ1n) is 6.32. The number of carbonyl (C=O) groups excluding carboxylic acids is 1. The highest BCUT2D eigenvalue weighted by Crippen LogP contribution is 2.25. The molecule has 0 heterocycles. The number of nitro groups is 1. The molecular weight excluding hydrogens is 292 g/mol. The number of benzene rings is 2. The van der Waals surface area contributed by atoms with Gasteiger partial charge >= 0.3 is 0 Å². The van der Waals surface area contributed by atoms with E-state index < -0.39 is 4.92 Å². The highest BCUT2D eigenvalue weighted by Gasteiger charge is 2.13. The molecule has 6 heteroatoms. The van der Waals surface area contributed by atoms with Crippen molar-refractivity contribution in [3.8, 4) is 0 Å². The number of nitrogens with zero attached hydrogens (tertiary/aromatic N) is 1. The summed E-state index contributed by atoms with van der Waals surface area (Å²) in [5, 5.41) is 14.7. The van der Waals surface area contributed by atoms with Crippen molar-refractivity contribution in [1.82, 2.24) is 0 Å². The molecular formula is C15H13ClN2O3. The predicted octanol–water partition coefficient (Wildman–Crippen LogP) is 3.72. The number of halogens is 1. The lowest BCUT2D eigenvalue weighted by Gasteiger charge is -2.07. The van der Waals surface area contributed by atoms with E-state index in [-0.39, 0.29) is 11.3 Å². The average molecular weight is 305 g/mol. The second-order valence-electron chi connectivity index (χ2n) is 4.45. The third kappa shape index (κ3) is 4.03. The van der Waals surface area contributed by atoms with Crippen molar-refractivity contribution in [1.29, 1.82) is 0 Å². The van der Waals surface area contributed by atoms with Crippen molar-refractivity contribution in [2.45, 2.75) is 6.42 Å². The second-order valence-corrected chi connectivity index (χ2v) is 4.89. The van der Waals surface area contributed by atoms with Gasteiger partial charge < -0.3 is 5.32 Å². The zero-order valence-corrected chi connectivity index (χ0v) is 11.8. The number of hydrogen-bond acceptors (Lipinski definition) is 4. The third-order valence-electron chi connectivity index (χ3n) is 3.00. The molecule has 5 nitrogen and oxygen atoms in total. The molecule has 0 aliphatic heterocycles. The maximum atomic E-state index is 11.0. The Morgan fingerprint density at radius 1 is 1.19 bits per heavy atom. The van der Waals surface area contributed by atoms with Crippen LogP contribution in [0.25, 0.3) is 0 Å². The van der Waals surface area contributed by atoms with E-state index in [0.29, 0.717) is 30.0 Å². The molecule has 0 saturated carbocycles. The lowest BCUT2D eigenvalue weighted by molar-refractivity contribution is -0.384. The number of anilines is 1. The molecule has 0 bridgehead atoms. The Hall–Kier alpha value is -2.40. The number of aldehydes is 1. The summed E-state index contributed by atoms with van der Waals surface area (Å²) < 4.78 is 0. The molecule has 21 heavy (non-hydrogen) atoms. The van der Waals surface area contributed by atoms with Gasteiger partial charge in [-0.05, 0) is 36.2 Å². The van der Waals surface area contributed by atoms with Gasteiger partial charge in [0, 0.05) is 23.2 Å². The number of hydrogen-bond donors (Lipinski definition) is 1. The Morgan fingerprint density at radius 2 is 1.90 bits per heavy atom. The van der Waals surface area contributed by atoms with Crippen LogP contribution in [-0.2, 0) is 6.42 Å². The highest BCUT2D eigenvalue weighted by atomic mass is 35.5. The van der Waals surface area contributed by atoms with Crippen LogP contribution in [0.4, 0.5) is 11.4 Å². The molecule has 0 amide bonds. The largest absolute Gasteiger partial charge is 0.379 e. The fraction of sp³-hybridized carbons (Fsp3) is 0.133. The summed E-state index contributed by atoms with van der Waals surface area (Å²) in [6.07, 6.45) is 1.30. The standard InChI is InChI=1S/C15H13ClN2O3/c16-13-4-1-11(2-5-13)7-8-17-14-6-3-12(10-19)9-15(14)18(20)21/h1-6,9-10,17H,7-8H2. The van der Waals surface area contributed by atoms with Gasteiger partial charge in [-0.1, -0.05) is 23.7 Å². The molecule has 0 aromatic heterocycles. The Kier molecular flexibility index (Phi) is 4.90. The van der Waals surface area contributed by atoms with Crippen LogP contribution in [0.15, 0.2) is 42.5 Å². The summed E-state index contributed by atoms with van der Waals surface area (Å²) in [5.41, 5.74) is 1.67. The van der Waals surface area contributed by atoms with Crippen LogP contribution in [0.5, 0.6) is 0 Å². The van der Waals surface area contributed by atoms with Crippen molar-refractivity contribution in [3.63, 3.8) is 0 Å². The molecule has 2 aromatic carbocycles. The summed E-state index contributed by atoms with van der Waals surface area (Å²) in [4.78, 5) is 21.2. The van der Waals surface area contributed by atoms with E-state index in [0.717, 1.165) is 5.56 Å². The molecule has 0 atom stereocenters. The lowest BCUT2D eigenvalue weighted by atomic mass is 10.1. The molecule has 2 rings (SSSR count). The zero-order valence-electron chi connectivity index (χ0n) is 11.1. The minimum absolute atomic E-state index is 0.101. The second kappa shape index (κ2) is 6.85. The van der Waals surface area contributed by atoms with Gasteiger partial charge in [0.15, 0.2) is 0 Å². The smallest absolute Gasteiger partial charge is 0.293 e. The topological polar surface area (TPSA) is 72.2 Å². The normalized spacial score (nSPS) is 10.1. The summed E-state index contributed by atoms with van der Waals surface area (Å²) in [6, 6.07) is 11.8.